The third-order valence-electron chi connectivity index (χ3n) is 6.53. The average molecular weight is 453 g/mol. The summed E-state index contributed by atoms with van der Waals surface area (Å²) in [5, 5.41) is 3.75. The molecule has 0 saturated carbocycles. The molecule has 1 heterocycles. The molecule has 0 spiro atoms. The van der Waals surface area contributed by atoms with E-state index in [-0.39, 0.29) is 10.9 Å². The Kier molecular flexibility index (Phi) is 5.29. The SMILES string of the molecule is CNC1CCc2c1cn(S(=O)(=O)c1cccc(Cl)c1)c2-c1ccccc1C1CC=CC1. The number of rotatable bonds is 5. The van der Waals surface area contributed by atoms with E-state index in [9.17, 15) is 8.42 Å². The first kappa shape index (κ1) is 20.6. The Labute approximate surface area is 188 Å². The largest absolute Gasteiger partial charge is 0.313 e. The number of allylic oxidation sites excluding steroid dienone is 2. The first-order chi connectivity index (χ1) is 15.0. The molecule has 2 aliphatic carbocycles. The van der Waals surface area contributed by atoms with Crippen LogP contribution in [0.15, 0.2) is 71.8 Å². The lowest BCUT2D eigenvalue weighted by molar-refractivity contribution is 0.579. The van der Waals surface area contributed by atoms with Crippen molar-refractivity contribution < 1.29 is 8.42 Å². The van der Waals surface area contributed by atoms with Crippen LogP contribution in [0.2, 0.25) is 5.02 Å². The molecule has 0 bridgehead atoms. The second-order valence-electron chi connectivity index (χ2n) is 8.28. The quantitative estimate of drug-likeness (QED) is 0.506. The fraction of sp³-hybridized carbons (Fsp3) is 0.280. The molecule has 1 unspecified atom stereocenters. The molecule has 31 heavy (non-hydrogen) atoms. The van der Waals surface area contributed by atoms with Crippen LogP contribution < -0.4 is 5.32 Å². The Morgan fingerprint density at radius 3 is 2.55 bits per heavy atom. The van der Waals surface area contributed by atoms with Crippen LogP contribution in [0.25, 0.3) is 11.3 Å². The van der Waals surface area contributed by atoms with Gasteiger partial charge in [-0.3, -0.25) is 0 Å². The molecule has 6 heteroatoms. The minimum atomic E-state index is -3.80. The fourth-order valence-electron chi connectivity index (χ4n) is 5.00. The summed E-state index contributed by atoms with van der Waals surface area (Å²) in [6, 6.07) is 14.9. The third kappa shape index (κ3) is 3.45. The molecule has 2 aliphatic rings. The summed E-state index contributed by atoms with van der Waals surface area (Å²) < 4.78 is 29.1. The minimum absolute atomic E-state index is 0.157. The highest BCUT2D eigenvalue weighted by atomic mass is 35.5. The van der Waals surface area contributed by atoms with Gasteiger partial charge in [0, 0.05) is 22.8 Å². The molecule has 0 radical (unpaired) electrons. The number of benzene rings is 2. The maximum absolute atomic E-state index is 13.8. The molecule has 3 aromatic rings. The van der Waals surface area contributed by atoms with E-state index >= 15 is 0 Å². The van der Waals surface area contributed by atoms with Gasteiger partial charge >= 0.3 is 0 Å². The molecular formula is C25H25ClN2O2S. The van der Waals surface area contributed by atoms with Gasteiger partial charge in [0.2, 0.25) is 0 Å². The Morgan fingerprint density at radius 1 is 1.03 bits per heavy atom. The van der Waals surface area contributed by atoms with Gasteiger partial charge in [-0.2, -0.15) is 0 Å². The molecule has 0 saturated heterocycles. The first-order valence-corrected chi connectivity index (χ1v) is 12.5. The van der Waals surface area contributed by atoms with Gasteiger partial charge in [0.05, 0.1) is 10.6 Å². The first-order valence-electron chi connectivity index (χ1n) is 10.7. The number of hydrogen-bond acceptors (Lipinski definition) is 3. The predicted octanol–water partition coefficient (Wildman–Crippen LogP) is 5.69. The lowest BCUT2D eigenvalue weighted by Crippen LogP contribution is -2.16. The molecule has 1 N–H and O–H groups in total. The zero-order valence-corrected chi connectivity index (χ0v) is 19.0. The van der Waals surface area contributed by atoms with Crippen molar-refractivity contribution in [3.63, 3.8) is 0 Å². The van der Waals surface area contributed by atoms with E-state index in [0.29, 0.717) is 10.9 Å². The van der Waals surface area contributed by atoms with Gasteiger partial charge < -0.3 is 5.32 Å². The van der Waals surface area contributed by atoms with Crippen molar-refractivity contribution in [2.24, 2.45) is 0 Å². The van der Waals surface area contributed by atoms with Crippen LogP contribution in [0.3, 0.4) is 0 Å². The van der Waals surface area contributed by atoms with Crippen LogP contribution in [0.1, 0.15) is 47.9 Å². The highest BCUT2D eigenvalue weighted by molar-refractivity contribution is 7.90. The van der Waals surface area contributed by atoms with Crippen molar-refractivity contribution in [1.82, 2.24) is 9.29 Å². The minimum Gasteiger partial charge on any atom is -0.313 e. The van der Waals surface area contributed by atoms with Crippen molar-refractivity contribution in [2.45, 2.75) is 42.5 Å². The van der Waals surface area contributed by atoms with Crippen molar-refractivity contribution in [2.75, 3.05) is 7.05 Å². The molecular weight excluding hydrogens is 428 g/mol. The Morgan fingerprint density at radius 2 is 1.81 bits per heavy atom. The topological polar surface area (TPSA) is 51.1 Å². The van der Waals surface area contributed by atoms with Gasteiger partial charge in [-0.25, -0.2) is 12.4 Å². The van der Waals surface area contributed by atoms with Crippen molar-refractivity contribution >= 4 is 21.6 Å². The lowest BCUT2D eigenvalue weighted by atomic mass is 9.90. The molecule has 0 aliphatic heterocycles. The molecule has 5 rings (SSSR count). The number of aromatic nitrogens is 1. The maximum Gasteiger partial charge on any atom is 0.268 e. The van der Waals surface area contributed by atoms with Crippen LogP contribution >= 0.6 is 11.6 Å². The van der Waals surface area contributed by atoms with Crippen LogP contribution in [-0.2, 0) is 16.4 Å². The Bertz CT molecular complexity index is 1270. The smallest absolute Gasteiger partial charge is 0.268 e. The molecule has 2 aromatic carbocycles. The van der Waals surface area contributed by atoms with E-state index in [0.717, 1.165) is 48.1 Å². The number of nitrogens with one attached hydrogen (secondary N) is 1. The summed E-state index contributed by atoms with van der Waals surface area (Å²) in [7, 11) is -1.87. The van der Waals surface area contributed by atoms with Crippen molar-refractivity contribution in [3.05, 3.63) is 88.6 Å². The zero-order valence-electron chi connectivity index (χ0n) is 17.4. The second kappa shape index (κ2) is 7.97. The maximum atomic E-state index is 13.8. The summed E-state index contributed by atoms with van der Waals surface area (Å²) in [5.74, 6) is 0.380. The summed E-state index contributed by atoms with van der Waals surface area (Å²) >= 11 is 6.14. The van der Waals surface area contributed by atoms with Gasteiger partial charge in [-0.1, -0.05) is 54.1 Å². The van der Waals surface area contributed by atoms with Gasteiger partial charge in [0.25, 0.3) is 10.0 Å². The van der Waals surface area contributed by atoms with Gasteiger partial charge in [-0.15, -0.1) is 0 Å². The van der Waals surface area contributed by atoms with E-state index in [1.807, 2.05) is 25.4 Å². The molecule has 160 valence electrons. The normalized spacial score (nSPS) is 18.6. The van der Waals surface area contributed by atoms with E-state index in [2.05, 4.69) is 29.6 Å². The molecule has 0 fully saturated rings. The van der Waals surface area contributed by atoms with E-state index in [1.54, 1.807) is 18.2 Å². The summed E-state index contributed by atoms with van der Waals surface area (Å²) in [6.45, 7) is 0. The van der Waals surface area contributed by atoms with Crippen LogP contribution in [0.4, 0.5) is 0 Å². The fourth-order valence-corrected chi connectivity index (χ4v) is 6.71. The van der Waals surface area contributed by atoms with Gasteiger partial charge in [-0.05, 0) is 73.5 Å². The van der Waals surface area contributed by atoms with Crippen LogP contribution in [0.5, 0.6) is 0 Å². The summed E-state index contributed by atoms with van der Waals surface area (Å²) in [4.78, 5) is 0.205. The van der Waals surface area contributed by atoms with E-state index in [1.165, 1.54) is 15.6 Å². The van der Waals surface area contributed by atoms with E-state index < -0.39 is 10.0 Å². The number of halogens is 1. The molecule has 0 amide bonds. The number of nitrogens with zero attached hydrogens (tertiary/aromatic N) is 1. The Balaban J connectivity index is 1.76. The Hall–Kier alpha value is -2.34. The number of fused-ring (bicyclic) bond motifs is 1. The van der Waals surface area contributed by atoms with Crippen molar-refractivity contribution in [1.29, 1.82) is 0 Å². The monoisotopic (exact) mass is 452 g/mol. The van der Waals surface area contributed by atoms with Crippen LogP contribution in [0, 0.1) is 0 Å². The highest BCUT2D eigenvalue weighted by Gasteiger charge is 2.33. The highest BCUT2D eigenvalue weighted by Crippen LogP contribution is 2.44. The summed E-state index contributed by atoms with van der Waals surface area (Å²) in [6.07, 6.45) is 10.0. The summed E-state index contributed by atoms with van der Waals surface area (Å²) in [5.41, 5.74) is 5.23. The average Bonchev–Trinajstić information content (AvgIpc) is 3.50. The number of hydrogen-bond donors (Lipinski definition) is 1. The van der Waals surface area contributed by atoms with Gasteiger partial charge in [0.15, 0.2) is 0 Å². The predicted molar refractivity (Wildman–Crippen MR) is 125 cm³/mol. The van der Waals surface area contributed by atoms with Crippen molar-refractivity contribution in [3.8, 4) is 11.3 Å². The van der Waals surface area contributed by atoms with Crippen LogP contribution in [-0.4, -0.2) is 19.4 Å². The lowest BCUT2D eigenvalue weighted by Gasteiger charge is -2.19. The van der Waals surface area contributed by atoms with Gasteiger partial charge in [0.1, 0.15) is 0 Å². The molecule has 4 nitrogen and oxygen atoms in total. The second-order valence-corrected chi connectivity index (χ2v) is 10.5. The third-order valence-corrected chi connectivity index (χ3v) is 8.43. The molecule has 1 atom stereocenters. The molecule has 1 aromatic heterocycles. The standard InChI is InChI=1S/C25H25ClN2O2S/c1-27-24-14-13-22-23(24)16-28(31(29,30)19-10-6-9-18(26)15-19)25(22)21-12-5-4-11-20(21)17-7-2-3-8-17/h2-6,9-12,15-17,24,27H,7-8,13-14H2,1H3. The van der Waals surface area contributed by atoms with E-state index in [4.69, 9.17) is 11.6 Å². The zero-order chi connectivity index (χ0) is 21.6.